The first-order valence-electron chi connectivity index (χ1n) is 12.6. The molecule has 0 amide bonds. The maximum absolute atomic E-state index is 12.1. The van der Waals surface area contributed by atoms with Crippen molar-refractivity contribution in [1.29, 1.82) is 0 Å². The third kappa shape index (κ3) is 4.40. The minimum Gasteiger partial charge on any atom is -0.504 e. The number of Topliss-reactive ketones (excluding diaryl/α,β-unsaturated/α-hetero) is 1. The van der Waals surface area contributed by atoms with Gasteiger partial charge in [-0.1, -0.05) is 37.6 Å². The molecule has 0 heterocycles. The zero-order valence-electron chi connectivity index (χ0n) is 20.0. The quantitative estimate of drug-likeness (QED) is 0.353. The number of hydrogen-bond donors (Lipinski definition) is 1. The maximum Gasteiger partial charge on any atom is 0.203 e. The molecule has 3 aliphatic rings. The van der Waals surface area contributed by atoms with Crippen LogP contribution in [0.5, 0.6) is 17.2 Å². The molecule has 0 unspecified atom stereocenters. The van der Waals surface area contributed by atoms with Crippen LogP contribution in [-0.4, -0.2) is 30.7 Å². The number of methoxy groups -OCH3 is 1. The minimum atomic E-state index is -0.190. The Morgan fingerprint density at radius 2 is 1.76 bits per heavy atom. The number of phenolic OH excluding ortho intramolecular Hbond substituents is 1. The van der Waals surface area contributed by atoms with Gasteiger partial charge in [0, 0.05) is 17.5 Å². The SMILES string of the molecule is C=C(OC1CCCCCC1)C1(COc2c(-c3ccc4c(c3)CCC4=O)ccc(O)c2OC)CC1. The van der Waals surface area contributed by atoms with Crippen LogP contribution < -0.4 is 9.47 Å². The summed E-state index contributed by atoms with van der Waals surface area (Å²) in [5.41, 5.74) is 3.46. The van der Waals surface area contributed by atoms with Crippen LogP contribution in [0.2, 0.25) is 0 Å². The summed E-state index contributed by atoms with van der Waals surface area (Å²) < 4.78 is 18.3. The lowest BCUT2D eigenvalue weighted by atomic mass is 9.99. The Morgan fingerprint density at radius 1 is 1.03 bits per heavy atom. The first kappa shape index (κ1) is 22.8. The Morgan fingerprint density at radius 3 is 2.47 bits per heavy atom. The van der Waals surface area contributed by atoms with Gasteiger partial charge in [0.2, 0.25) is 5.75 Å². The summed E-state index contributed by atoms with van der Waals surface area (Å²) in [5, 5.41) is 10.5. The largest absolute Gasteiger partial charge is 0.504 e. The summed E-state index contributed by atoms with van der Waals surface area (Å²) in [4.78, 5) is 12.1. The topological polar surface area (TPSA) is 65.0 Å². The molecule has 0 bridgehead atoms. The highest BCUT2D eigenvalue weighted by atomic mass is 16.5. The average Bonchev–Trinajstić information content (AvgIpc) is 3.60. The maximum atomic E-state index is 12.1. The van der Waals surface area contributed by atoms with Crippen molar-refractivity contribution in [2.75, 3.05) is 13.7 Å². The molecule has 5 heteroatoms. The van der Waals surface area contributed by atoms with Crippen LogP contribution >= 0.6 is 0 Å². The van der Waals surface area contributed by atoms with Crippen LogP contribution in [0, 0.1) is 5.41 Å². The molecular formula is C29H34O5. The normalized spacial score (nSPS) is 19.3. The minimum absolute atomic E-state index is 0.0379. The van der Waals surface area contributed by atoms with Crippen LogP contribution in [0.1, 0.15) is 73.7 Å². The Kier molecular flexibility index (Phi) is 6.28. The van der Waals surface area contributed by atoms with E-state index in [-0.39, 0.29) is 23.1 Å². The number of fused-ring (bicyclic) bond motifs is 1. The van der Waals surface area contributed by atoms with Crippen LogP contribution in [0.15, 0.2) is 42.7 Å². The van der Waals surface area contributed by atoms with Gasteiger partial charge >= 0.3 is 0 Å². The van der Waals surface area contributed by atoms with E-state index >= 15 is 0 Å². The molecule has 3 aliphatic carbocycles. The fraction of sp³-hybridized carbons (Fsp3) is 0.483. The molecular weight excluding hydrogens is 428 g/mol. The van der Waals surface area contributed by atoms with Gasteiger partial charge in [-0.05, 0) is 68.2 Å². The Bertz CT molecular complexity index is 1090. The molecule has 2 aromatic rings. The summed E-state index contributed by atoms with van der Waals surface area (Å²) in [6.07, 6.45) is 10.8. The number of carbonyl (C=O) groups excluding carboxylic acids is 1. The molecule has 180 valence electrons. The number of aryl methyl sites for hydroxylation is 1. The van der Waals surface area contributed by atoms with E-state index in [9.17, 15) is 9.90 Å². The molecule has 0 saturated heterocycles. The highest BCUT2D eigenvalue weighted by molar-refractivity contribution is 6.01. The lowest BCUT2D eigenvalue weighted by Crippen LogP contribution is -2.21. The van der Waals surface area contributed by atoms with Gasteiger partial charge in [-0.2, -0.15) is 0 Å². The van der Waals surface area contributed by atoms with Gasteiger partial charge in [0.1, 0.15) is 6.61 Å². The van der Waals surface area contributed by atoms with Crippen LogP contribution in [0.25, 0.3) is 11.1 Å². The summed E-state index contributed by atoms with van der Waals surface area (Å²) >= 11 is 0. The van der Waals surface area contributed by atoms with Crippen molar-refractivity contribution in [2.24, 2.45) is 5.41 Å². The second kappa shape index (κ2) is 9.36. The average molecular weight is 463 g/mol. The molecule has 5 nitrogen and oxygen atoms in total. The van der Waals surface area contributed by atoms with E-state index in [4.69, 9.17) is 14.2 Å². The molecule has 0 atom stereocenters. The predicted octanol–water partition coefficient (Wildman–Crippen LogP) is 6.61. The van der Waals surface area contributed by atoms with Crippen molar-refractivity contribution >= 4 is 5.78 Å². The molecule has 2 aromatic carbocycles. The smallest absolute Gasteiger partial charge is 0.203 e. The van der Waals surface area contributed by atoms with E-state index in [1.165, 1.54) is 32.8 Å². The number of phenols is 1. The van der Waals surface area contributed by atoms with Crippen LogP contribution in [0.3, 0.4) is 0 Å². The van der Waals surface area contributed by atoms with Gasteiger partial charge in [0.25, 0.3) is 0 Å². The highest BCUT2D eigenvalue weighted by Gasteiger charge is 2.48. The molecule has 5 rings (SSSR count). The van der Waals surface area contributed by atoms with E-state index < -0.39 is 0 Å². The third-order valence-electron chi connectivity index (χ3n) is 7.68. The number of ether oxygens (including phenoxy) is 3. The van der Waals surface area contributed by atoms with Crippen LogP contribution in [0.4, 0.5) is 0 Å². The van der Waals surface area contributed by atoms with Gasteiger partial charge < -0.3 is 19.3 Å². The van der Waals surface area contributed by atoms with Gasteiger partial charge in [-0.25, -0.2) is 0 Å². The van der Waals surface area contributed by atoms with E-state index in [2.05, 4.69) is 12.6 Å². The van der Waals surface area contributed by atoms with Gasteiger partial charge in [-0.3, -0.25) is 4.79 Å². The summed E-state index contributed by atoms with van der Waals surface area (Å²) in [6, 6.07) is 9.37. The summed E-state index contributed by atoms with van der Waals surface area (Å²) in [7, 11) is 1.54. The van der Waals surface area contributed by atoms with Crippen molar-refractivity contribution in [3.63, 3.8) is 0 Å². The Hall–Kier alpha value is -2.95. The summed E-state index contributed by atoms with van der Waals surface area (Å²) in [5.74, 6) is 1.90. The Balaban J connectivity index is 1.38. The van der Waals surface area contributed by atoms with Gasteiger partial charge in [0.15, 0.2) is 17.3 Å². The van der Waals surface area contributed by atoms with Crippen molar-refractivity contribution in [1.82, 2.24) is 0 Å². The number of hydrogen-bond acceptors (Lipinski definition) is 5. The molecule has 2 fully saturated rings. The summed E-state index contributed by atoms with van der Waals surface area (Å²) in [6.45, 7) is 4.72. The fourth-order valence-corrected chi connectivity index (χ4v) is 5.29. The number of aromatic hydroxyl groups is 1. The van der Waals surface area contributed by atoms with E-state index in [0.29, 0.717) is 24.5 Å². The molecule has 0 aliphatic heterocycles. The predicted molar refractivity (Wildman–Crippen MR) is 132 cm³/mol. The molecule has 0 aromatic heterocycles. The first-order valence-corrected chi connectivity index (χ1v) is 12.6. The Labute approximate surface area is 201 Å². The number of ketones is 1. The number of rotatable bonds is 8. The van der Waals surface area contributed by atoms with Crippen molar-refractivity contribution in [3.05, 3.63) is 53.8 Å². The fourth-order valence-electron chi connectivity index (χ4n) is 5.29. The molecule has 2 saturated carbocycles. The van der Waals surface area contributed by atoms with Crippen molar-refractivity contribution in [2.45, 2.75) is 70.3 Å². The molecule has 0 radical (unpaired) electrons. The number of carbonyl (C=O) groups is 1. The van der Waals surface area contributed by atoms with Crippen molar-refractivity contribution < 1.29 is 24.1 Å². The second-order valence-electron chi connectivity index (χ2n) is 10.0. The first-order chi connectivity index (χ1) is 16.5. The van der Waals surface area contributed by atoms with Gasteiger partial charge in [0.05, 0.1) is 24.4 Å². The zero-order chi connectivity index (χ0) is 23.7. The van der Waals surface area contributed by atoms with E-state index in [1.807, 2.05) is 18.2 Å². The highest BCUT2D eigenvalue weighted by Crippen LogP contribution is 2.54. The standard InChI is InChI=1S/C29H34O5/c1-19(34-22-7-5-3-4-6-8-22)29(15-16-29)18-33-27-24(12-14-26(31)28(27)32-2)21-9-11-23-20(17-21)10-13-25(23)30/h9,11-12,14,17,22,31H,1,3-8,10,13,15-16,18H2,2H3. The van der Waals surface area contributed by atoms with Gasteiger partial charge in [-0.15, -0.1) is 0 Å². The lowest BCUT2D eigenvalue weighted by molar-refractivity contribution is 0.0645. The number of benzene rings is 2. The van der Waals surface area contributed by atoms with Crippen molar-refractivity contribution in [3.8, 4) is 28.4 Å². The van der Waals surface area contributed by atoms with Crippen LogP contribution in [-0.2, 0) is 11.2 Å². The molecule has 0 spiro atoms. The van der Waals surface area contributed by atoms with E-state index in [0.717, 1.165) is 60.1 Å². The third-order valence-corrected chi connectivity index (χ3v) is 7.68. The monoisotopic (exact) mass is 462 g/mol. The molecule has 1 N–H and O–H groups in total. The van der Waals surface area contributed by atoms with E-state index in [1.54, 1.807) is 6.07 Å². The lowest BCUT2D eigenvalue weighted by Gasteiger charge is -2.26. The zero-order valence-corrected chi connectivity index (χ0v) is 20.0. The molecule has 34 heavy (non-hydrogen) atoms. The second-order valence-corrected chi connectivity index (χ2v) is 10.0.